The number of nitriles is 1. The first kappa shape index (κ1) is 86.8. The number of piperidine rings is 4. The number of alkyl halides is 8. The number of nitrogens with zero attached hydrogens (tertiary/aromatic N) is 5. The lowest BCUT2D eigenvalue weighted by Crippen LogP contribution is -2.42. The van der Waals surface area contributed by atoms with Crippen molar-refractivity contribution in [3.05, 3.63) is 112 Å². The lowest BCUT2D eigenvalue weighted by molar-refractivity contribution is -0.139. The van der Waals surface area contributed by atoms with Gasteiger partial charge in [-0.15, -0.1) is 6.42 Å². The molecule has 4 saturated carbocycles. The highest BCUT2D eigenvalue weighted by Gasteiger charge is 2.44. The van der Waals surface area contributed by atoms with Crippen molar-refractivity contribution in [2.24, 2.45) is 45.3 Å². The molecule has 0 bridgehead atoms. The summed E-state index contributed by atoms with van der Waals surface area (Å²) in [5, 5.41) is 45.3. The van der Waals surface area contributed by atoms with E-state index in [2.05, 4.69) is 78.3 Å². The molecule has 0 radical (unpaired) electrons. The third-order valence-corrected chi connectivity index (χ3v) is 27.0. The van der Waals surface area contributed by atoms with Crippen LogP contribution >= 0.6 is 11.8 Å². The number of anilines is 4. The maximum Gasteiger partial charge on any atom is 0.446 e. The van der Waals surface area contributed by atoms with Crippen LogP contribution in [0.3, 0.4) is 0 Å². The smallest absolute Gasteiger partial charge is 0.446 e. The number of thioether (sulfide) groups is 1. The quantitative estimate of drug-likeness (QED) is 0.0444. The van der Waals surface area contributed by atoms with Gasteiger partial charge in [0.1, 0.15) is 6.17 Å². The summed E-state index contributed by atoms with van der Waals surface area (Å²) in [4.78, 5) is 52.7. The number of carboxylic acids is 4. The molecule has 12 rings (SSSR count). The van der Waals surface area contributed by atoms with E-state index >= 15 is 0 Å². The molecule has 8 aliphatic rings. The van der Waals surface area contributed by atoms with Crippen LogP contribution in [0.15, 0.2) is 77.7 Å². The molecule has 4 aliphatic carbocycles. The number of halogens is 8. The number of carbonyl (C=O) groups is 4. The Labute approximate surface area is 651 Å². The van der Waals surface area contributed by atoms with Crippen LogP contribution in [0, 0.1) is 69.0 Å². The Morgan fingerprint density at radius 2 is 0.764 bits per heavy atom. The van der Waals surface area contributed by atoms with Crippen LogP contribution in [0.4, 0.5) is 57.9 Å². The second-order valence-electron chi connectivity index (χ2n) is 35.3. The largest absolute Gasteiger partial charge is 0.481 e. The summed E-state index contributed by atoms with van der Waals surface area (Å²) in [6, 6.07) is 23.2. The van der Waals surface area contributed by atoms with E-state index in [1.807, 2.05) is 12.1 Å². The summed E-state index contributed by atoms with van der Waals surface area (Å²) in [5.74, 6) is -1.53. The van der Waals surface area contributed by atoms with Gasteiger partial charge in [-0.1, -0.05) is 40.5 Å². The molecule has 0 aromatic heterocycles. The van der Waals surface area contributed by atoms with Crippen LogP contribution in [-0.4, -0.2) is 102 Å². The Morgan fingerprint density at radius 3 is 1.06 bits per heavy atom. The molecule has 4 heterocycles. The minimum atomic E-state index is -4.34. The van der Waals surface area contributed by atoms with Crippen LogP contribution in [0.5, 0.6) is 0 Å². The zero-order valence-corrected chi connectivity index (χ0v) is 66.4. The number of carboxylic acid groups (broad SMARTS) is 4. The number of rotatable bonds is 17. The van der Waals surface area contributed by atoms with E-state index in [0.29, 0.717) is 51.8 Å². The molecule has 1 unspecified atom stereocenters. The van der Waals surface area contributed by atoms with Gasteiger partial charge in [0.15, 0.2) is 0 Å². The monoisotopic (exact) mass is 1560 g/mol. The van der Waals surface area contributed by atoms with Gasteiger partial charge in [-0.25, -0.2) is 22.0 Å². The van der Waals surface area contributed by atoms with Gasteiger partial charge < -0.3 is 40.0 Å². The van der Waals surface area contributed by atoms with Gasteiger partial charge in [-0.3, -0.25) is 19.2 Å². The first-order valence-electron chi connectivity index (χ1n) is 40.2. The fourth-order valence-corrected chi connectivity index (χ4v) is 19.5. The van der Waals surface area contributed by atoms with E-state index in [4.69, 9.17) is 26.8 Å². The first-order valence-corrected chi connectivity index (χ1v) is 41.0. The van der Waals surface area contributed by atoms with Crippen LogP contribution in [-0.2, 0) is 30.5 Å². The number of terminal acetylenes is 1. The van der Waals surface area contributed by atoms with Gasteiger partial charge >= 0.3 is 29.4 Å². The van der Waals surface area contributed by atoms with Crippen LogP contribution in [0.2, 0.25) is 0 Å². The maximum atomic E-state index is 14.1. The second kappa shape index (κ2) is 37.2. The van der Waals surface area contributed by atoms with Crippen molar-refractivity contribution in [3.63, 3.8) is 0 Å². The van der Waals surface area contributed by atoms with Gasteiger partial charge in [0.25, 0.3) is 12.3 Å². The van der Waals surface area contributed by atoms with E-state index in [9.17, 15) is 59.6 Å². The zero-order valence-electron chi connectivity index (χ0n) is 65.6. The SMILES string of the molecule is C#Cc1cc(SC(F)(F)F)cc(N2CCC3(CCC(CC(=O)O)CC3)CC2)c1.CC(C)(C)c1cc(N2CCC3(CCC(CC(=O)O)CC3)CC2)cc(C(C)(F)F)c1.CC(C)c1cc(C#N)cc(N2CCC3(CCC(CC(=O)O)CC3)CC2)c1.CC(F)c1cc(C(F)F)cc(N2CCC3(CCC(CC(=O)O)CC3)CC2)c1. The predicted octanol–water partition coefficient (Wildman–Crippen LogP) is 22.7. The van der Waals surface area contributed by atoms with E-state index < -0.39 is 47.9 Å². The molecule has 4 aromatic rings. The third kappa shape index (κ3) is 24.7. The molecule has 0 amide bonds. The van der Waals surface area contributed by atoms with Crippen molar-refractivity contribution in [3.8, 4) is 18.4 Å². The summed E-state index contributed by atoms with van der Waals surface area (Å²) in [7, 11) is 0. The van der Waals surface area contributed by atoms with E-state index in [0.717, 1.165) is 210 Å². The highest BCUT2D eigenvalue weighted by molar-refractivity contribution is 8.00. The minimum absolute atomic E-state index is 0.0920. The number of aliphatic carboxylic acids is 4. The molecule has 4 aromatic carbocycles. The molecule has 110 heavy (non-hydrogen) atoms. The van der Waals surface area contributed by atoms with E-state index in [1.54, 1.807) is 30.3 Å². The molecule has 604 valence electrons. The van der Waals surface area contributed by atoms with Crippen molar-refractivity contribution in [2.45, 2.75) is 269 Å². The Balaban J connectivity index is 0.000000169. The average Bonchev–Trinajstić information content (AvgIpc) is 0.791. The summed E-state index contributed by atoms with van der Waals surface area (Å²) >= 11 is -0.135. The van der Waals surface area contributed by atoms with Crippen molar-refractivity contribution < 1.29 is 74.7 Å². The molecule has 4 spiro atoms. The molecular weight excluding hydrogens is 1440 g/mol. The third-order valence-electron chi connectivity index (χ3n) is 26.3. The summed E-state index contributed by atoms with van der Waals surface area (Å²) in [6.07, 6.45) is 27.7. The molecule has 22 heteroatoms. The van der Waals surface area contributed by atoms with Crippen LogP contribution in [0.25, 0.3) is 0 Å². The van der Waals surface area contributed by atoms with Crippen LogP contribution < -0.4 is 19.6 Å². The Morgan fingerprint density at radius 1 is 0.445 bits per heavy atom. The lowest BCUT2D eigenvalue weighted by Gasteiger charge is -2.46. The predicted molar refractivity (Wildman–Crippen MR) is 420 cm³/mol. The highest BCUT2D eigenvalue weighted by Crippen LogP contribution is 2.53. The van der Waals surface area contributed by atoms with Crippen molar-refractivity contribution >= 4 is 58.4 Å². The molecule has 4 N–H and O–H groups in total. The molecule has 1 atom stereocenters. The number of benzene rings is 4. The Bertz CT molecular complexity index is 3760. The molecule has 4 aliphatic heterocycles. The lowest BCUT2D eigenvalue weighted by atomic mass is 9.65. The van der Waals surface area contributed by atoms with Gasteiger partial charge in [0.2, 0.25) is 0 Å². The summed E-state index contributed by atoms with van der Waals surface area (Å²) < 4.78 is 107. The molecule has 4 saturated heterocycles. The van der Waals surface area contributed by atoms with E-state index in [-0.39, 0.29) is 75.1 Å². The average molecular weight is 1560 g/mol. The fourth-order valence-electron chi connectivity index (χ4n) is 18.9. The molecule has 8 fully saturated rings. The second-order valence-corrected chi connectivity index (χ2v) is 36.4. The number of hydrogen-bond donors (Lipinski definition) is 4. The topological polar surface area (TPSA) is 186 Å². The van der Waals surface area contributed by atoms with E-state index in [1.165, 1.54) is 62.1 Å². The van der Waals surface area contributed by atoms with Crippen molar-refractivity contribution in [2.75, 3.05) is 72.0 Å². The van der Waals surface area contributed by atoms with Gasteiger partial charge in [0, 0.05) is 129 Å². The van der Waals surface area contributed by atoms with Gasteiger partial charge in [-0.05, 0) is 319 Å². The van der Waals surface area contributed by atoms with Crippen molar-refractivity contribution in [1.29, 1.82) is 5.26 Å². The Kier molecular flexibility index (Phi) is 29.3. The van der Waals surface area contributed by atoms with Gasteiger partial charge in [0.05, 0.1) is 11.6 Å². The van der Waals surface area contributed by atoms with Gasteiger partial charge in [-0.2, -0.15) is 18.4 Å². The standard InChI is InChI=1S/C24H35F2NO2.C22H30N2O2.C21H24F3NO2S.C21H28F3NO2/c1-22(2,3)18-14-19(23(4,25)26)16-20(15-18)27-11-9-24(10-12-27)7-5-17(6-8-24)13-21(28)29;1-16(2)19-11-18(15-23)12-20(14-19)24-9-7-22(8-10-24)5-3-17(4-6-22)13-21(25)26;1-2-15-11-17(14-18(12-15)28-21(22,23)24)25-9-7-20(8-10-25)5-3-16(4-6-20)13-19(26)27;1-14(22)16-11-17(20(23)24)13-18(12-16)25-8-6-21(7-9-25)4-2-15(3-5-21)10-19(26)27/h14-17H,5-13H2,1-4H3,(H,28,29);11-12,14,16-17H,3-10,13H2,1-2H3,(H,25,26);1,11-12,14,16H,3-10,13H2,(H,26,27);11-15,20H,2-10H2,1H3,(H,26,27). The zero-order chi connectivity index (χ0) is 80.2. The summed E-state index contributed by atoms with van der Waals surface area (Å²) in [6.45, 7) is 19.8. The first-order chi connectivity index (χ1) is 51.7. The minimum Gasteiger partial charge on any atom is -0.481 e. The fraction of sp³-hybridized carbons (Fsp3) is 0.648. The maximum absolute atomic E-state index is 14.1. The summed E-state index contributed by atoms with van der Waals surface area (Å²) in [5.41, 5.74) is 3.87. The highest BCUT2D eigenvalue weighted by atomic mass is 32.2. The Hall–Kier alpha value is -7.20. The number of hydrogen-bond acceptors (Lipinski definition) is 10. The normalized spacial score (nSPS) is 20.7. The van der Waals surface area contributed by atoms with Crippen LogP contribution in [0.1, 0.15) is 286 Å². The molecule has 13 nitrogen and oxygen atoms in total. The molecular formula is C88H117F8N5O8S. The van der Waals surface area contributed by atoms with Crippen molar-refractivity contribution in [1.82, 2.24) is 0 Å².